The van der Waals surface area contributed by atoms with Crippen LogP contribution in [-0.4, -0.2) is 84.1 Å². The maximum atomic E-state index is 12.9. The van der Waals surface area contributed by atoms with Crippen LogP contribution >= 0.6 is 0 Å². The third-order valence-electron chi connectivity index (χ3n) is 6.29. The molecule has 1 saturated heterocycles. The van der Waals surface area contributed by atoms with Gasteiger partial charge in [0.05, 0.1) is 30.8 Å². The first kappa shape index (κ1) is 21.9. The number of hydrogen-bond donors (Lipinski definition) is 3. The van der Waals surface area contributed by atoms with Crippen LogP contribution in [0.3, 0.4) is 0 Å². The Morgan fingerprint density at radius 2 is 1.94 bits per heavy atom. The Morgan fingerprint density at radius 3 is 2.80 bits per heavy atom. The minimum absolute atomic E-state index is 0.169. The van der Waals surface area contributed by atoms with Gasteiger partial charge < -0.3 is 30.2 Å². The second-order valence-corrected chi connectivity index (χ2v) is 8.91. The van der Waals surface area contributed by atoms with E-state index in [9.17, 15) is 4.79 Å². The number of benzene rings is 1. The number of hydrogen-bond acceptors (Lipinski definition) is 9. The Bertz CT molecular complexity index is 1220. The summed E-state index contributed by atoms with van der Waals surface area (Å²) < 4.78 is 18.6. The van der Waals surface area contributed by atoms with Crippen LogP contribution in [0.5, 0.6) is 11.5 Å². The van der Waals surface area contributed by atoms with Crippen LogP contribution in [0.1, 0.15) is 23.3 Å². The minimum atomic E-state index is -0.169. The van der Waals surface area contributed by atoms with Gasteiger partial charge in [-0.15, -0.1) is 5.10 Å². The van der Waals surface area contributed by atoms with E-state index in [0.29, 0.717) is 41.9 Å². The van der Waals surface area contributed by atoms with E-state index in [4.69, 9.17) is 19.3 Å². The topological polar surface area (TPSA) is 114 Å². The lowest BCUT2D eigenvalue weighted by molar-refractivity contribution is 0.0398. The monoisotopic (exact) mass is 479 g/mol. The summed E-state index contributed by atoms with van der Waals surface area (Å²) in [6, 6.07) is 7.85. The van der Waals surface area contributed by atoms with Gasteiger partial charge in [-0.25, -0.2) is 9.50 Å². The summed E-state index contributed by atoms with van der Waals surface area (Å²) in [6.45, 7) is 6.00. The molecule has 6 rings (SSSR count). The predicted molar refractivity (Wildman–Crippen MR) is 130 cm³/mol. The van der Waals surface area contributed by atoms with Gasteiger partial charge in [-0.3, -0.25) is 9.69 Å². The number of imidazole rings is 1. The number of ether oxygens (including phenoxy) is 3. The molecule has 11 nitrogen and oxygen atoms in total. The summed E-state index contributed by atoms with van der Waals surface area (Å²) in [6.07, 6.45) is 3.61. The van der Waals surface area contributed by atoms with Crippen LogP contribution in [0.15, 0.2) is 30.5 Å². The maximum absolute atomic E-state index is 12.9. The van der Waals surface area contributed by atoms with Crippen LogP contribution < -0.4 is 25.4 Å². The molecule has 0 unspecified atom stereocenters. The lowest BCUT2D eigenvalue weighted by atomic mass is 10.2. The van der Waals surface area contributed by atoms with Crippen molar-refractivity contribution in [1.29, 1.82) is 0 Å². The summed E-state index contributed by atoms with van der Waals surface area (Å²) in [7, 11) is 0. The van der Waals surface area contributed by atoms with Crippen LogP contribution in [0.25, 0.3) is 5.65 Å². The van der Waals surface area contributed by atoms with Gasteiger partial charge in [-0.2, -0.15) is 0 Å². The van der Waals surface area contributed by atoms with E-state index in [2.05, 4.69) is 25.8 Å². The summed E-state index contributed by atoms with van der Waals surface area (Å²) >= 11 is 0. The highest BCUT2D eigenvalue weighted by Crippen LogP contribution is 2.38. The molecule has 0 radical (unpaired) electrons. The molecule has 1 aromatic carbocycles. The van der Waals surface area contributed by atoms with Crippen molar-refractivity contribution in [2.75, 3.05) is 63.2 Å². The van der Waals surface area contributed by atoms with Crippen LogP contribution in [0.2, 0.25) is 0 Å². The smallest absolute Gasteiger partial charge is 0.271 e. The third kappa shape index (κ3) is 4.82. The number of anilines is 3. The summed E-state index contributed by atoms with van der Waals surface area (Å²) in [5, 5.41) is 14.6. The van der Waals surface area contributed by atoms with Crippen LogP contribution in [-0.2, 0) is 4.74 Å². The molecule has 1 amide bonds. The Balaban J connectivity index is 1.30. The van der Waals surface area contributed by atoms with Gasteiger partial charge in [0.15, 0.2) is 28.7 Å². The van der Waals surface area contributed by atoms with Gasteiger partial charge in [-0.05, 0) is 25.0 Å². The molecular weight excluding hydrogens is 450 g/mol. The van der Waals surface area contributed by atoms with Gasteiger partial charge in [-0.1, -0.05) is 6.07 Å². The van der Waals surface area contributed by atoms with Crippen LogP contribution in [0, 0.1) is 0 Å². The first-order valence-corrected chi connectivity index (χ1v) is 12.1. The van der Waals surface area contributed by atoms with E-state index in [1.165, 1.54) is 0 Å². The molecule has 0 atom stereocenters. The molecule has 1 saturated carbocycles. The Morgan fingerprint density at radius 1 is 1.09 bits per heavy atom. The molecule has 35 heavy (non-hydrogen) atoms. The van der Waals surface area contributed by atoms with E-state index in [1.54, 1.807) is 10.7 Å². The van der Waals surface area contributed by atoms with Gasteiger partial charge in [0.25, 0.3) is 5.91 Å². The molecule has 0 spiro atoms. The SMILES string of the molecule is O=C(NC1CC1)c1cnc2c(NCCN3CCOCC3)cc(Nc3cccc4c3OCCO4)nn12. The molecule has 2 aliphatic heterocycles. The van der Waals surface area contributed by atoms with Crippen molar-refractivity contribution >= 4 is 28.7 Å². The molecule has 2 fully saturated rings. The van der Waals surface area contributed by atoms with E-state index in [0.717, 1.165) is 63.6 Å². The van der Waals surface area contributed by atoms with Gasteiger partial charge in [0.2, 0.25) is 0 Å². The Labute approximate surface area is 202 Å². The lowest BCUT2D eigenvalue weighted by Crippen LogP contribution is -2.39. The number of carbonyl (C=O) groups excluding carboxylic acids is 1. The number of para-hydroxylation sites is 1. The number of aromatic nitrogens is 3. The van der Waals surface area contributed by atoms with Crippen LogP contribution in [0.4, 0.5) is 17.2 Å². The average molecular weight is 480 g/mol. The molecule has 0 bridgehead atoms. The van der Waals surface area contributed by atoms with Crippen molar-refractivity contribution in [3.8, 4) is 11.5 Å². The summed E-state index contributed by atoms with van der Waals surface area (Å²) in [4.78, 5) is 19.7. The third-order valence-corrected chi connectivity index (χ3v) is 6.29. The second-order valence-electron chi connectivity index (χ2n) is 8.91. The quantitative estimate of drug-likeness (QED) is 0.446. The van der Waals surface area contributed by atoms with Crippen molar-refractivity contribution in [3.05, 3.63) is 36.2 Å². The zero-order chi connectivity index (χ0) is 23.6. The predicted octanol–water partition coefficient (Wildman–Crippen LogP) is 1.88. The number of nitrogens with zero attached hydrogens (tertiary/aromatic N) is 4. The first-order valence-electron chi connectivity index (χ1n) is 12.1. The molecule has 1 aliphatic carbocycles. The minimum Gasteiger partial charge on any atom is -0.486 e. The van der Waals surface area contributed by atoms with Gasteiger partial charge >= 0.3 is 0 Å². The van der Waals surface area contributed by atoms with Crippen molar-refractivity contribution in [3.63, 3.8) is 0 Å². The fourth-order valence-electron chi connectivity index (χ4n) is 4.29. The van der Waals surface area contributed by atoms with E-state index < -0.39 is 0 Å². The van der Waals surface area contributed by atoms with Gasteiger partial charge in [0, 0.05) is 38.3 Å². The highest BCUT2D eigenvalue weighted by atomic mass is 16.6. The largest absolute Gasteiger partial charge is 0.486 e. The molecule has 2 aromatic heterocycles. The number of morpholine rings is 1. The zero-order valence-corrected chi connectivity index (χ0v) is 19.5. The molecule has 3 N–H and O–H groups in total. The number of rotatable bonds is 8. The average Bonchev–Trinajstić information content (AvgIpc) is 3.60. The maximum Gasteiger partial charge on any atom is 0.271 e. The lowest BCUT2D eigenvalue weighted by Gasteiger charge is -2.26. The molecule has 11 heteroatoms. The van der Waals surface area contributed by atoms with Crippen molar-refractivity contribution in [2.24, 2.45) is 0 Å². The standard InChI is InChI=1S/C24H29N7O4/c32-24(27-16-4-5-16)19-15-26-23-18(25-6-7-30-8-10-33-11-9-30)14-21(29-31(19)23)28-17-2-1-3-20-22(17)35-13-12-34-20/h1-3,14-16,25H,4-13H2,(H,27,32)(H,28,29). The van der Waals surface area contributed by atoms with Crippen molar-refractivity contribution in [1.82, 2.24) is 24.8 Å². The van der Waals surface area contributed by atoms with E-state index in [1.807, 2.05) is 24.3 Å². The summed E-state index contributed by atoms with van der Waals surface area (Å²) in [5.41, 5.74) is 2.55. The van der Waals surface area contributed by atoms with Crippen molar-refractivity contribution < 1.29 is 19.0 Å². The highest BCUT2D eigenvalue weighted by Gasteiger charge is 2.26. The fraction of sp³-hybridized carbons (Fsp3) is 0.458. The highest BCUT2D eigenvalue weighted by molar-refractivity contribution is 5.94. The number of carbonyl (C=O) groups is 1. The molecule has 4 heterocycles. The Kier molecular flexibility index (Phi) is 6.01. The van der Waals surface area contributed by atoms with Crippen molar-refractivity contribution in [2.45, 2.75) is 18.9 Å². The number of fused-ring (bicyclic) bond motifs is 2. The molecule has 184 valence electrons. The molecular formula is C24H29N7O4. The number of nitrogens with one attached hydrogen (secondary N) is 3. The second kappa shape index (κ2) is 9.59. The normalized spacial score (nSPS) is 17.8. The zero-order valence-electron chi connectivity index (χ0n) is 19.5. The van der Waals surface area contributed by atoms with E-state index in [-0.39, 0.29) is 11.9 Å². The Hall–Kier alpha value is -3.57. The van der Waals surface area contributed by atoms with E-state index >= 15 is 0 Å². The molecule has 3 aromatic rings. The number of amides is 1. The van der Waals surface area contributed by atoms with Gasteiger partial charge in [0.1, 0.15) is 13.2 Å². The first-order chi connectivity index (χ1) is 17.2. The fourth-order valence-corrected chi connectivity index (χ4v) is 4.29. The molecule has 3 aliphatic rings. The summed E-state index contributed by atoms with van der Waals surface area (Å²) in [5.74, 6) is 1.74.